The lowest BCUT2D eigenvalue weighted by Crippen LogP contribution is -1.90. The van der Waals surface area contributed by atoms with Crippen LogP contribution in [0.15, 0.2) is 13.7 Å². The summed E-state index contributed by atoms with van der Waals surface area (Å²) < 4.78 is 13.1. The minimum atomic E-state index is -0.914. The minimum Gasteiger partial charge on any atom is -0.355 e. The topological polar surface area (TPSA) is 203 Å². The van der Waals surface area contributed by atoms with Gasteiger partial charge in [-0.3, -0.25) is 9.05 Å². The number of nitrogens with zero attached hydrogens (tertiary/aromatic N) is 8. The molecule has 0 aliphatic rings. The predicted octanol–water partition coefficient (Wildman–Crippen LogP) is -0.0140. The van der Waals surface area contributed by atoms with Crippen molar-refractivity contribution in [3.05, 3.63) is 20.2 Å². The van der Waals surface area contributed by atoms with E-state index in [1.807, 2.05) is 0 Å². The maximum Gasteiger partial charge on any atom is 0.569 e. The van der Waals surface area contributed by atoms with Gasteiger partial charge in [-0.05, 0) is 20.6 Å². The van der Waals surface area contributed by atoms with Gasteiger partial charge >= 0.3 is 23.7 Å². The Balaban J connectivity index is 2.03. The third-order valence-electron chi connectivity index (χ3n) is 2.06. The molecule has 0 aliphatic heterocycles. The van der Waals surface area contributed by atoms with Gasteiger partial charge in [0.1, 0.15) is 0 Å². The fourth-order valence-electron chi connectivity index (χ4n) is 1.25. The molecule has 0 bridgehead atoms. The van der Waals surface area contributed by atoms with Crippen LogP contribution in [0.1, 0.15) is 0 Å². The molecule has 106 valence electrons. The molecule has 3 heterocycles. The van der Waals surface area contributed by atoms with E-state index in [1.165, 1.54) is 0 Å². The second-order valence-electron chi connectivity index (χ2n) is 3.28. The first-order valence-corrected chi connectivity index (χ1v) is 4.85. The summed E-state index contributed by atoms with van der Waals surface area (Å²) in [7, 11) is 0. The first kappa shape index (κ1) is 12.3. The molecule has 0 aliphatic carbocycles. The fraction of sp³-hybridized carbons (Fsp3) is 0. The summed E-state index contributed by atoms with van der Waals surface area (Å²) in [6.07, 6.45) is 0. The van der Waals surface area contributed by atoms with E-state index in [1.54, 1.807) is 0 Å². The molecule has 15 heteroatoms. The monoisotopic (exact) mass is 296 g/mol. The summed E-state index contributed by atoms with van der Waals surface area (Å²) >= 11 is 0. The van der Waals surface area contributed by atoms with Gasteiger partial charge in [0.15, 0.2) is 0 Å². The van der Waals surface area contributed by atoms with Gasteiger partial charge in [0, 0.05) is 19.8 Å². The maximum absolute atomic E-state index is 10.5. The summed E-state index contributed by atoms with van der Waals surface area (Å²) in [5.41, 5.74) is -0.412. The molecule has 3 aromatic heterocycles. The molecule has 0 saturated heterocycles. The van der Waals surface area contributed by atoms with Crippen LogP contribution < -0.4 is 0 Å². The molecular formula is C6N8O7. The van der Waals surface area contributed by atoms with Gasteiger partial charge < -0.3 is 20.2 Å². The molecule has 0 atom stereocenters. The standard InChI is InChI=1S/C6N8O7/c15-13(16)5-7-3(11-19-5)1-2(10-21-9-1)4-8-6(14(17)18)20-12-4. The molecule has 3 aromatic rings. The van der Waals surface area contributed by atoms with Crippen molar-refractivity contribution in [2.45, 2.75) is 0 Å². The zero-order valence-corrected chi connectivity index (χ0v) is 9.44. The zero-order valence-electron chi connectivity index (χ0n) is 9.44. The van der Waals surface area contributed by atoms with Crippen LogP contribution in [-0.4, -0.2) is 40.4 Å². The number of nitro groups is 2. The quantitative estimate of drug-likeness (QED) is 0.459. The normalized spacial score (nSPS) is 10.7. The van der Waals surface area contributed by atoms with E-state index in [9.17, 15) is 20.2 Å². The Morgan fingerprint density at radius 2 is 1.19 bits per heavy atom. The van der Waals surface area contributed by atoms with Gasteiger partial charge in [-0.2, -0.15) is 0 Å². The van der Waals surface area contributed by atoms with E-state index in [-0.39, 0.29) is 23.0 Å². The van der Waals surface area contributed by atoms with Gasteiger partial charge in [-0.1, -0.05) is 0 Å². The van der Waals surface area contributed by atoms with Gasteiger partial charge in [0.2, 0.25) is 11.4 Å². The molecule has 0 fully saturated rings. The van der Waals surface area contributed by atoms with Crippen molar-refractivity contribution in [2.75, 3.05) is 0 Å². The van der Waals surface area contributed by atoms with Crippen molar-refractivity contribution < 1.29 is 23.5 Å². The summed E-state index contributed by atoms with van der Waals surface area (Å²) in [5.74, 6) is -0.657. The molecule has 0 aromatic carbocycles. The van der Waals surface area contributed by atoms with Crippen molar-refractivity contribution in [1.82, 2.24) is 30.6 Å². The number of rotatable bonds is 4. The Labute approximate surface area is 110 Å². The Morgan fingerprint density at radius 1 is 0.762 bits per heavy atom. The molecule has 0 spiro atoms. The van der Waals surface area contributed by atoms with Crippen LogP contribution in [0.5, 0.6) is 0 Å². The molecular weight excluding hydrogens is 296 g/mol. The summed E-state index contributed by atoms with van der Waals surface area (Å²) in [5, 5.41) is 34.3. The highest BCUT2D eigenvalue weighted by Gasteiger charge is 2.32. The van der Waals surface area contributed by atoms with Gasteiger partial charge in [0.25, 0.3) is 0 Å². The second-order valence-corrected chi connectivity index (χ2v) is 3.28. The SMILES string of the molecule is O=[N+]([O-])c1nc(-c2nonc2-c2noc([N+](=O)[O-])n2)no1. The lowest BCUT2D eigenvalue weighted by molar-refractivity contribution is -0.408. The lowest BCUT2D eigenvalue weighted by atomic mass is 10.3. The van der Waals surface area contributed by atoms with Gasteiger partial charge in [0.05, 0.1) is 0 Å². The Kier molecular flexibility index (Phi) is 2.57. The van der Waals surface area contributed by atoms with Crippen LogP contribution in [0.2, 0.25) is 0 Å². The van der Waals surface area contributed by atoms with Crippen LogP contribution in [0.4, 0.5) is 12.0 Å². The number of hydrogen-bond donors (Lipinski definition) is 0. The maximum atomic E-state index is 10.5. The van der Waals surface area contributed by atoms with Crippen LogP contribution >= 0.6 is 0 Å². The molecule has 15 nitrogen and oxygen atoms in total. The van der Waals surface area contributed by atoms with E-state index in [0.717, 1.165) is 0 Å². The van der Waals surface area contributed by atoms with E-state index in [0.29, 0.717) is 0 Å². The largest absolute Gasteiger partial charge is 0.569 e. The fourth-order valence-corrected chi connectivity index (χ4v) is 1.25. The molecule has 0 unspecified atom stereocenters. The lowest BCUT2D eigenvalue weighted by Gasteiger charge is -1.80. The highest BCUT2D eigenvalue weighted by molar-refractivity contribution is 5.68. The minimum absolute atomic E-state index is 0.206. The van der Waals surface area contributed by atoms with Crippen LogP contribution in [0.25, 0.3) is 23.0 Å². The molecule has 21 heavy (non-hydrogen) atoms. The third-order valence-corrected chi connectivity index (χ3v) is 2.06. The molecule has 3 rings (SSSR count). The van der Waals surface area contributed by atoms with Crippen molar-refractivity contribution in [3.63, 3.8) is 0 Å². The molecule has 0 saturated carbocycles. The Bertz CT molecular complexity index is 765. The highest BCUT2D eigenvalue weighted by atomic mass is 16.7. The molecule has 0 N–H and O–H groups in total. The van der Waals surface area contributed by atoms with E-state index in [4.69, 9.17) is 0 Å². The number of aromatic nitrogens is 6. The summed E-state index contributed by atoms with van der Waals surface area (Å²) in [6, 6.07) is -1.75. The highest BCUT2D eigenvalue weighted by Crippen LogP contribution is 2.27. The van der Waals surface area contributed by atoms with Crippen molar-refractivity contribution in [1.29, 1.82) is 0 Å². The third kappa shape index (κ3) is 2.03. The Hall–Kier alpha value is -3.78. The van der Waals surface area contributed by atoms with Crippen molar-refractivity contribution in [3.8, 4) is 23.0 Å². The van der Waals surface area contributed by atoms with Crippen LogP contribution in [-0.2, 0) is 0 Å². The van der Waals surface area contributed by atoms with Crippen LogP contribution in [0, 0.1) is 20.2 Å². The zero-order chi connectivity index (χ0) is 15.0. The average Bonchev–Trinajstić information content (AvgIpc) is 3.17. The van der Waals surface area contributed by atoms with E-state index in [2.05, 4.69) is 44.3 Å². The van der Waals surface area contributed by atoms with E-state index < -0.39 is 21.9 Å². The molecule has 0 amide bonds. The second kappa shape index (κ2) is 4.40. The number of hydrogen-bond acceptors (Lipinski definition) is 13. The van der Waals surface area contributed by atoms with Gasteiger partial charge in [-0.15, -0.1) is 0 Å². The average molecular weight is 296 g/mol. The molecule has 0 radical (unpaired) electrons. The predicted molar refractivity (Wildman–Crippen MR) is 54.2 cm³/mol. The Morgan fingerprint density at radius 3 is 1.52 bits per heavy atom. The van der Waals surface area contributed by atoms with Gasteiger partial charge in [-0.25, -0.2) is 4.63 Å². The first-order valence-electron chi connectivity index (χ1n) is 4.85. The smallest absolute Gasteiger partial charge is 0.355 e. The van der Waals surface area contributed by atoms with Crippen LogP contribution in [0.3, 0.4) is 0 Å². The summed E-state index contributed by atoms with van der Waals surface area (Å²) in [6.45, 7) is 0. The van der Waals surface area contributed by atoms with Crippen molar-refractivity contribution >= 4 is 12.0 Å². The first-order chi connectivity index (χ1) is 10.1. The van der Waals surface area contributed by atoms with E-state index >= 15 is 0 Å². The summed E-state index contributed by atoms with van der Waals surface area (Å²) in [4.78, 5) is 25.9. The van der Waals surface area contributed by atoms with Crippen molar-refractivity contribution in [2.24, 2.45) is 0 Å².